The number of hydrogen-bond donors (Lipinski definition) is 0. The summed E-state index contributed by atoms with van der Waals surface area (Å²) in [7, 11) is 0. The van der Waals surface area contributed by atoms with Crippen molar-refractivity contribution in [3.63, 3.8) is 0 Å². The van der Waals surface area contributed by atoms with E-state index >= 15 is 0 Å². The molecule has 0 N–H and O–H groups in total. The lowest BCUT2D eigenvalue weighted by Gasteiger charge is -2.25. The van der Waals surface area contributed by atoms with Gasteiger partial charge in [0.1, 0.15) is 0 Å². The maximum atomic E-state index is 4.89. The molecule has 4 aromatic rings. The Morgan fingerprint density at radius 1 is 0.636 bits per heavy atom. The van der Waals surface area contributed by atoms with E-state index in [1.54, 1.807) is 0 Å². The summed E-state index contributed by atoms with van der Waals surface area (Å²) in [4.78, 5) is 10.1. The van der Waals surface area contributed by atoms with E-state index in [9.17, 15) is 0 Å². The van der Waals surface area contributed by atoms with Crippen molar-refractivity contribution >= 4 is 10.9 Å². The zero-order chi connectivity index (χ0) is 22.3. The molecule has 1 saturated heterocycles. The molecule has 1 aliphatic rings. The highest BCUT2D eigenvalue weighted by molar-refractivity contribution is 5.78. The van der Waals surface area contributed by atoms with E-state index in [-0.39, 0.29) is 0 Å². The van der Waals surface area contributed by atoms with Crippen LogP contribution < -0.4 is 0 Å². The molecule has 2 heterocycles. The fourth-order valence-electron chi connectivity index (χ4n) is 5.04. The number of hydrogen-bond acceptors (Lipinski definition) is 3. The number of rotatable bonds is 7. The van der Waals surface area contributed by atoms with E-state index < -0.39 is 0 Å². The molecule has 0 bridgehead atoms. The van der Waals surface area contributed by atoms with Crippen LogP contribution in [0.5, 0.6) is 0 Å². The first-order valence-corrected chi connectivity index (χ1v) is 12.2. The zero-order valence-electron chi connectivity index (χ0n) is 19.3. The van der Waals surface area contributed by atoms with Gasteiger partial charge in [0.25, 0.3) is 0 Å². The molecular weight excluding hydrogens is 402 g/mol. The zero-order valence-corrected chi connectivity index (χ0v) is 19.3. The van der Waals surface area contributed by atoms with Crippen LogP contribution in [-0.2, 0) is 6.54 Å². The van der Waals surface area contributed by atoms with Gasteiger partial charge in [-0.25, -0.2) is 0 Å². The van der Waals surface area contributed by atoms with Gasteiger partial charge in [0.05, 0.1) is 11.2 Å². The second-order valence-electron chi connectivity index (χ2n) is 9.13. The maximum absolute atomic E-state index is 4.89. The maximum Gasteiger partial charge on any atom is 0.0705 e. The van der Waals surface area contributed by atoms with Crippen LogP contribution in [0.3, 0.4) is 0 Å². The summed E-state index contributed by atoms with van der Waals surface area (Å²) in [6.07, 6.45) is 2.37. The van der Waals surface area contributed by atoms with Crippen LogP contribution >= 0.6 is 0 Å². The molecule has 0 amide bonds. The van der Waals surface area contributed by atoms with Gasteiger partial charge in [-0.2, -0.15) is 0 Å². The van der Waals surface area contributed by atoms with Crippen LogP contribution in [0.15, 0.2) is 97.1 Å². The molecule has 0 radical (unpaired) electrons. The standard InChI is InChI=1S/C30H33N3/c1-3-10-25(11-4-1)29(26-12-5-2-6-13-26)18-21-32-19-9-20-33(23-22-32)24-28-17-16-27-14-7-8-15-30(27)31-28/h1-8,10-17,29H,9,18-24H2. The first-order valence-electron chi connectivity index (χ1n) is 12.2. The molecule has 3 heteroatoms. The molecule has 5 rings (SSSR count). The average Bonchev–Trinajstić information content (AvgIpc) is 3.10. The van der Waals surface area contributed by atoms with Gasteiger partial charge in [-0.1, -0.05) is 84.9 Å². The highest BCUT2D eigenvalue weighted by atomic mass is 15.2. The molecule has 3 nitrogen and oxygen atoms in total. The minimum Gasteiger partial charge on any atom is -0.302 e. The van der Waals surface area contributed by atoms with E-state index in [1.165, 1.54) is 35.2 Å². The molecule has 1 aliphatic heterocycles. The van der Waals surface area contributed by atoms with Gasteiger partial charge in [0.2, 0.25) is 0 Å². The number of aromatic nitrogens is 1. The van der Waals surface area contributed by atoms with Crippen molar-refractivity contribution in [2.75, 3.05) is 32.7 Å². The van der Waals surface area contributed by atoms with E-state index in [0.29, 0.717) is 5.92 Å². The molecule has 0 saturated carbocycles. The lowest BCUT2D eigenvalue weighted by molar-refractivity contribution is 0.246. The minimum absolute atomic E-state index is 0.452. The van der Waals surface area contributed by atoms with Crippen molar-refractivity contribution < 1.29 is 0 Å². The van der Waals surface area contributed by atoms with Crippen LogP contribution in [0.2, 0.25) is 0 Å². The number of para-hydroxylation sites is 1. The van der Waals surface area contributed by atoms with Crippen molar-refractivity contribution in [1.29, 1.82) is 0 Å². The van der Waals surface area contributed by atoms with Crippen molar-refractivity contribution in [3.05, 3.63) is 114 Å². The summed E-state index contributed by atoms with van der Waals surface area (Å²) >= 11 is 0. The third kappa shape index (κ3) is 5.68. The highest BCUT2D eigenvalue weighted by Crippen LogP contribution is 2.28. The van der Waals surface area contributed by atoms with Crippen LogP contribution in [0.1, 0.15) is 35.6 Å². The van der Waals surface area contributed by atoms with Crippen molar-refractivity contribution in [3.8, 4) is 0 Å². The second kappa shape index (κ2) is 10.7. The Balaban J connectivity index is 1.19. The Bertz CT molecular complexity index is 1100. The largest absolute Gasteiger partial charge is 0.302 e. The van der Waals surface area contributed by atoms with Crippen LogP contribution in [0.25, 0.3) is 10.9 Å². The van der Waals surface area contributed by atoms with Gasteiger partial charge in [0, 0.05) is 30.9 Å². The normalized spacial score (nSPS) is 15.7. The molecule has 0 aliphatic carbocycles. The van der Waals surface area contributed by atoms with Crippen LogP contribution in [0.4, 0.5) is 0 Å². The third-order valence-electron chi connectivity index (χ3n) is 6.86. The van der Waals surface area contributed by atoms with Gasteiger partial charge in [-0.05, 0) is 55.7 Å². The Labute approximate surface area is 197 Å². The van der Waals surface area contributed by atoms with Crippen LogP contribution in [0, 0.1) is 0 Å². The van der Waals surface area contributed by atoms with Crippen molar-refractivity contribution in [2.45, 2.75) is 25.3 Å². The first-order chi connectivity index (χ1) is 16.3. The minimum atomic E-state index is 0.452. The van der Waals surface area contributed by atoms with E-state index in [4.69, 9.17) is 4.98 Å². The Morgan fingerprint density at radius 3 is 2.03 bits per heavy atom. The first kappa shape index (κ1) is 21.8. The summed E-state index contributed by atoms with van der Waals surface area (Å²) in [5.41, 5.74) is 5.11. The van der Waals surface area contributed by atoms with E-state index in [0.717, 1.165) is 44.7 Å². The molecule has 0 atom stereocenters. The smallest absolute Gasteiger partial charge is 0.0705 e. The predicted octanol–water partition coefficient (Wildman–Crippen LogP) is 5.96. The molecule has 0 unspecified atom stereocenters. The third-order valence-corrected chi connectivity index (χ3v) is 6.86. The average molecular weight is 436 g/mol. The van der Waals surface area contributed by atoms with Crippen molar-refractivity contribution in [2.24, 2.45) is 0 Å². The fourth-order valence-corrected chi connectivity index (χ4v) is 5.04. The topological polar surface area (TPSA) is 19.4 Å². The van der Waals surface area contributed by atoms with Gasteiger partial charge < -0.3 is 4.90 Å². The van der Waals surface area contributed by atoms with E-state index in [2.05, 4.69) is 107 Å². The molecule has 3 aromatic carbocycles. The van der Waals surface area contributed by atoms with Gasteiger partial charge in [-0.15, -0.1) is 0 Å². The lowest BCUT2D eigenvalue weighted by atomic mass is 9.88. The summed E-state index contributed by atoms with van der Waals surface area (Å²) in [5.74, 6) is 0.452. The Hall–Kier alpha value is -3.01. The van der Waals surface area contributed by atoms with Gasteiger partial charge in [0.15, 0.2) is 0 Å². The second-order valence-corrected chi connectivity index (χ2v) is 9.13. The van der Waals surface area contributed by atoms with Crippen molar-refractivity contribution in [1.82, 2.24) is 14.8 Å². The molecule has 1 fully saturated rings. The summed E-state index contributed by atoms with van der Waals surface area (Å²) < 4.78 is 0. The highest BCUT2D eigenvalue weighted by Gasteiger charge is 2.19. The molecule has 168 valence electrons. The Morgan fingerprint density at radius 2 is 1.27 bits per heavy atom. The molecule has 33 heavy (non-hydrogen) atoms. The van der Waals surface area contributed by atoms with Gasteiger partial charge in [-0.3, -0.25) is 9.88 Å². The lowest BCUT2D eigenvalue weighted by Crippen LogP contribution is -2.32. The predicted molar refractivity (Wildman–Crippen MR) is 137 cm³/mol. The Kier molecular flexibility index (Phi) is 7.10. The molecule has 0 spiro atoms. The number of pyridine rings is 1. The SMILES string of the molecule is c1ccc(C(CCN2CCCN(Cc3ccc4ccccc4n3)CC2)c2ccccc2)cc1. The molecular formula is C30H33N3. The van der Waals surface area contributed by atoms with Gasteiger partial charge >= 0.3 is 0 Å². The van der Waals surface area contributed by atoms with Crippen LogP contribution in [-0.4, -0.2) is 47.5 Å². The number of benzene rings is 3. The fraction of sp³-hybridized carbons (Fsp3) is 0.300. The van der Waals surface area contributed by atoms with E-state index in [1.807, 2.05) is 0 Å². The summed E-state index contributed by atoms with van der Waals surface area (Å²) in [5, 5.41) is 1.22. The number of nitrogens with zero attached hydrogens (tertiary/aromatic N) is 3. The summed E-state index contributed by atoms with van der Waals surface area (Å²) in [6, 6.07) is 34.8. The monoisotopic (exact) mass is 435 g/mol. The quantitative estimate of drug-likeness (QED) is 0.357. The summed E-state index contributed by atoms with van der Waals surface area (Å²) in [6.45, 7) is 6.63. The molecule has 1 aromatic heterocycles. The number of fused-ring (bicyclic) bond motifs is 1.